The van der Waals surface area contributed by atoms with Crippen LogP contribution < -0.4 is 16.0 Å². The molecule has 1 aromatic rings. The van der Waals surface area contributed by atoms with Crippen LogP contribution in [-0.4, -0.2) is 96.3 Å². The first-order valence-corrected chi connectivity index (χ1v) is 22.1. The molecule has 2 heterocycles. The number of hydrogen-bond donors (Lipinski definition) is 5. The van der Waals surface area contributed by atoms with Gasteiger partial charge >= 0.3 is 0 Å². The number of aliphatic hydroxyl groups is 2. The summed E-state index contributed by atoms with van der Waals surface area (Å²) in [5, 5.41) is 31.0. The quantitative estimate of drug-likeness (QED) is 0.0884. The minimum atomic E-state index is -1.02. The van der Waals surface area contributed by atoms with Crippen molar-refractivity contribution in [2.45, 2.75) is 112 Å². The number of hydrogen-bond acceptors (Lipinski definition) is 11. The molecule has 8 rings (SSSR count). The molecule has 61 heavy (non-hydrogen) atoms. The Morgan fingerprint density at radius 1 is 0.885 bits per heavy atom. The van der Waals surface area contributed by atoms with Crippen LogP contribution in [0, 0.1) is 33.0 Å². The number of imide groups is 2. The standard InChI is InChI=1S/C48H62N4O9/c1-28-29-10-12-35-46(4,31(29)26-34(53)39(28)55)17-19-48(6)36-27-45(3,15-14-44(36,2)16-18-47(35,48)5)43(59)50-21-23-61-25-24-60-22-20-49-32-9-7-8-30-38(32)42(58)52(41(30)57)33-11-13-37(54)51-40(33)56/h7-10,12,26,33,36,43,49-50,55,59H,11,13-25,27H2,1-6H3,(H,51,54,56)/t33?,36-,43?,44-,45-,46+,47-,48+/m1/s1. The largest absolute Gasteiger partial charge is 0.504 e. The van der Waals surface area contributed by atoms with Gasteiger partial charge in [-0.25, -0.2) is 0 Å². The van der Waals surface area contributed by atoms with Crippen LogP contribution >= 0.6 is 0 Å². The second-order valence-corrected chi connectivity index (χ2v) is 19.9. The van der Waals surface area contributed by atoms with Crippen molar-refractivity contribution in [2.75, 3.05) is 44.8 Å². The molecule has 5 aliphatic carbocycles. The number of benzene rings is 1. The molecule has 4 amide bonds. The van der Waals surface area contributed by atoms with Gasteiger partial charge in [-0.05, 0) is 110 Å². The van der Waals surface area contributed by atoms with Crippen molar-refractivity contribution in [1.82, 2.24) is 15.5 Å². The highest BCUT2D eigenvalue weighted by atomic mass is 16.5. The zero-order valence-electron chi connectivity index (χ0n) is 36.5. The van der Waals surface area contributed by atoms with Gasteiger partial charge in [-0.3, -0.25) is 39.5 Å². The maximum absolute atomic E-state index is 13.3. The zero-order chi connectivity index (χ0) is 43.7. The molecule has 328 valence electrons. The van der Waals surface area contributed by atoms with Crippen molar-refractivity contribution < 1.29 is 43.7 Å². The number of carbonyl (C=O) groups excluding carboxylic acids is 5. The Labute approximate surface area is 358 Å². The molecule has 4 fully saturated rings. The summed E-state index contributed by atoms with van der Waals surface area (Å²) < 4.78 is 11.6. The lowest BCUT2D eigenvalue weighted by Crippen LogP contribution is -2.63. The lowest BCUT2D eigenvalue weighted by atomic mass is 9.34. The molecule has 2 aliphatic heterocycles. The van der Waals surface area contributed by atoms with E-state index in [0.29, 0.717) is 56.7 Å². The van der Waals surface area contributed by atoms with Crippen LogP contribution in [0.25, 0.3) is 0 Å². The molecule has 8 atom stereocenters. The third kappa shape index (κ3) is 6.94. The maximum atomic E-state index is 13.3. The Morgan fingerprint density at radius 2 is 1.61 bits per heavy atom. The highest BCUT2D eigenvalue weighted by Crippen LogP contribution is 2.75. The Kier molecular flexibility index (Phi) is 11.1. The molecule has 0 bridgehead atoms. The number of nitrogens with one attached hydrogen (secondary N) is 3. The number of piperidine rings is 1. The number of aliphatic hydroxyl groups excluding tert-OH is 2. The van der Waals surface area contributed by atoms with Crippen molar-refractivity contribution >= 4 is 35.1 Å². The molecule has 13 nitrogen and oxygen atoms in total. The zero-order valence-corrected chi connectivity index (χ0v) is 36.5. The van der Waals surface area contributed by atoms with Gasteiger partial charge in [0.05, 0.1) is 37.6 Å². The van der Waals surface area contributed by atoms with Crippen molar-refractivity contribution in [1.29, 1.82) is 0 Å². The molecule has 0 spiro atoms. The van der Waals surface area contributed by atoms with Crippen molar-refractivity contribution in [3.8, 4) is 0 Å². The van der Waals surface area contributed by atoms with Crippen LogP contribution in [0.5, 0.6) is 0 Å². The highest BCUT2D eigenvalue weighted by molar-refractivity contribution is 6.25. The van der Waals surface area contributed by atoms with Crippen LogP contribution in [-0.2, 0) is 23.9 Å². The molecule has 3 saturated carbocycles. The highest BCUT2D eigenvalue weighted by Gasteiger charge is 2.67. The molecule has 0 radical (unpaired) electrons. The van der Waals surface area contributed by atoms with Gasteiger partial charge < -0.3 is 25.0 Å². The van der Waals surface area contributed by atoms with Crippen molar-refractivity contribution in [2.24, 2.45) is 33.0 Å². The Hall–Kier alpha value is -4.43. The van der Waals surface area contributed by atoms with Crippen LogP contribution in [0.2, 0.25) is 0 Å². The number of amides is 4. The minimum Gasteiger partial charge on any atom is -0.504 e. The fourth-order valence-electron chi connectivity index (χ4n) is 12.5. The normalized spacial score (nSPS) is 35.0. The van der Waals surface area contributed by atoms with E-state index in [2.05, 4.69) is 62.7 Å². The molecular formula is C48H62N4O9. The van der Waals surface area contributed by atoms with Crippen LogP contribution in [0.15, 0.2) is 64.5 Å². The van der Waals surface area contributed by atoms with Crippen molar-refractivity contribution in [3.05, 3.63) is 75.6 Å². The summed E-state index contributed by atoms with van der Waals surface area (Å²) in [7, 11) is 0. The van der Waals surface area contributed by atoms with Gasteiger partial charge in [0.2, 0.25) is 17.6 Å². The number of ether oxygens (including phenoxy) is 2. The summed E-state index contributed by atoms with van der Waals surface area (Å²) in [5.41, 5.74) is 4.51. The Bertz CT molecular complexity index is 2190. The second kappa shape index (κ2) is 15.7. The number of allylic oxidation sites excluding steroid dienone is 7. The monoisotopic (exact) mass is 838 g/mol. The lowest BCUT2D eigenvalue weighted by molar-refractivity contribution is -0.178. The predicted octanol–water partition coefficient (Wildman–Crippen LogP) is 6.07. The van der Waals surface area contributed by atoms with Crippen molar-refractivity contribution in [3.63, 3.8) is 0 Å². The molecule has 7 aliphatic rings. The lowest BCUT2D eigenvalue weighted by Gasteiger charge is -2.70. The number of fused-ring (bicyclic) bond motifs is 8. The molecule has 1 aromatic carbocycles. The summed E-state index contributed by atoms with van der Waals surface area (Å²) in [5.74, 6) is -2.22. The number of ketones is 1. The summed E-state index contributed by atoms with van der Waals surface area (Å²) >= 11 is 0. The Balaban J connectivity index is 0.800. The van der Waals surface area contributed by atoms with E-state index in [1.165, 1.54) is 5.57 Å². The van der Waals surface area contributed by atoms with Gasteiger partial charge in [0.1, 0.15) is 12.3 Å². The van der Waals surface area contributed by atoms with Gasteiger partial charge in [-0.1, -0.05) is 58.4 Å². The van der Waals surface area contributed by atoms with E-state index in [1.54, 1.807) is 24.3 Å². The second-order valence-electron chi connectivity index (χ2n) is 19.9. The van der Waals surface area contributed by atoms with Gasteiger partial charge in [-0.15, -0.1) is 0 Å². The fourth-order valence-corrected chi connectivity index (χ4v) is 12.5. The predicted molar refractivity (Wildman–Crippen MR) is 228 cm³/mol. The summed E-state index contributed by atoms with van der Waals surface area (Å²) in [6, 6.07) is 3.93. The van der Waals surface area contributed by atoms with E-state index < -0.39 is 35.9 Å². The molecule has 5 N–H and O–H groups in total. The Morgan fingerprint density at radius 3 is 2.34 bits per heavy atom. The molecular weight excluding hydrogens is 777 g/mol. The summed E-state index contributed by atoms with van der Waals surface area (Å²) in [6.07, 6.45) is 12.7. The molecule has 13 heteroatoms. The van der Waals surface area contributed by atoms with Crippen LogP contribution in [0.3, 0.4) is 0 Å². The van der Waals surface area contributed by atoms with E-state index in [1.807, 2.05) is 6.92 Å². The molecule has 1 saturated heterocycles. The number of nitrogens with zero attached hydrogens (tertiary/aromatic N) is 1. The van der Waals surface area contributed by atoms with Gasteiger partial charge in [0, 0.05) is 41.6 Å². The van der Waals surface area contributed by atoms with E-state index in [9.17, 15) is 34.2 Å². The van der Waals surface area contributed by atoms with E-state index in [0.717, 1.165) is 61.0 Å². The van der Waals surface area contributed by atoms with Gasteiger partial charge in [0.15, 0.2) is 5.76 Å². The average molecular weight is 839 g/mol. The van der Waals surface area contributed by atoms with E-state index >= 15 is 0 Å². The topological polar surface area (TPSA) is 184 Å². The third-order valence-corrected chi connectivity index (χ3v) is 16.6. The summed E-state index contributed by atoms with van der Waals surface area (Å²) in [4.78, 5) is 64.3. The van der Waals surface area contributed by atoms with Crippen LogP contribution in [0.4, 0.5) is 5.69 Å². The number of rotatable bonds is 13. The first-order chi connectivity index (χ1) is 28.9. The first-order valence-electron chi connectivity index (χ1n) is 22.1. The summed E-state index contributed by atoms with van der Waals surface area (Å²) in [6.45, 7) is 16.1. The van der Waals surface area contributed by atoms with Crippen LogP contribution in [0.1, 0.15) is 120 Å². The van der Waals surface area contributed by atoms with E-state index in [-0.39, 0.29) is 62.6 Å². The minimum absolute atomic E-state index is 0.000513. The maximum Gasteiger partial charge on any atom is 0.264 e. The third-order valence-electron chi connectivity index (χ3n) is 16.6. The average Bonchev–Trinajstić information content (AvgIpc) is 3.48. The van der Waals surface area contributed by atoms with E-state index in [4.69, 9.17) is 9.47 Å². The number of carbonyl (C=O) groups is 5. The first kappa shape index (κ1) is 43.2. The SMILES string of the molecule is CC1=C(O)C(=O)C=C2C1=CC=C1[C@@]2(C)CC[C@@]2(C)[C@@H]3C[C@](C)(C(O)NCCOCCOCCNc4cccc5c4C(=O)N(C4CCC(=O)NC4=O)C5=O)CC[C@]3(C)CC[C@]12C. The molecule has 0 aromatic heterocycles. The molecule has 2 unspecified atom stereocenters. The van der Waals surface area contributed by atoms with Gasteiger partial charge in [0.25, 0.3) is 11.8 Å². The number of anilines is 1. The smallest absolute Gasteiger partial charge is 0.264 e. The fraction of sp³-hybridized carbons (Fsp3) is 0.604. The van der Waals surface area contributed by atoms with Gasteiger partial charge in [-0.2, -0.15) is 0 Å².